The topological polar surface area (TPSA) is 66.5 Å². The van der Waals surface area contributed by atoms with E-state index in [0.717, 1.165) is 44.7 Å². The van der Waals surface area contributed by atoms with Gasteiger partial charge in [0.1, 0.15) is 12.4 Å². The number of ether oxygens (including phenoxy) is 1. The Morgan fingerprint density at radius 1 is 1.18 bits per heavy atom. The van der Waals surface area contributed by atoms with Gasteiger partial charge in [-0.2, -0.15) is 0 Å². The van der Waals surface area contributed by atoms with Gasteiger partial charge in [0, 0.05) is 56.2 Å². The zero-order valence-corrected chi connectivity index (χ0v) is 17.4. The number of hydrogen-bond acceptors (Lipinski definition) is 5. The molecule has 2 aromatic rings. The average molecular weight is 427 g/mol. The molecule has 0 spiro atoms. The second-order valence-corrected chi connectivity index (χ2v) is 6.38. The molecule has 1 saturated heterocycles. The van der Waals surface area contributed by atoms with Crippen molar-refractivity contribution >= 4 is 30.7 Å². The number of aromatic nitrogens is 1. The summed E-state index contributed by atoms with van der Waals surface area (Å²) in [6, 6.07) is 11.1. The summed E-state index contributed by atoms with van der Waals surface area (Å²) in [5, 5.41) is 6.34. The first-order valence-electron chi connectivity index (χ1n) is 9.14. The van der Waals surface area contributed by atoms with Crippen LogP contribution in [0.2, 0.25) is 0 Å². The molecule has 0 atom stereocenters. The molecule has 154 valence electrons. The fraction of sp³-hybridized carbons (Fsp3) is 0.400. The lowest BCUT2D eigenvalue weighted by Gasteiger charge is -2.27. The molecule has 28 heavy (non-hydrogen) atoms. The highest BCUT2D eigenvalue weighted by molar-refractivity contribution is 5.94. The Labute approximate surface area is 178 Å². The summed E-state index contributed by atoms with van der Waals surface area (Å²) in [5.41, 5.74) is 1.62. The third-order valence-electron chi connectivity index (χ3n) is 4.37. The lowest BCUT2D eigenvalue weighted by Crippen LogP contribution is -2.44. The number of benzene rings is 1. The van der Waals surface area contributed by atoms with Gasteiger partial charge in [-0.3, -0.25) is 9.78 Å². The van der Waals surface area contributed by atoms with Crippen LogP contribution in [-0.4, -0.2) is 55.1 Å². The van der Waals surface area contributed by atoms with Gasteiger partial charge in [0.15, 0.2) is 0 Å². The van der Waals surface area contributed by atoms with Crippen LogP contribution >= 0.6 is 24.8 Å². The summed E-state index contributed by atoms with van der Waals surface area (Å²) >= 11 is 0. The van der Waals surface area contributed by atoms with E-state index in [2.05, 4.69) is 20.5 Å². The summed E-state index contributed by atoms with van der Waals surface area (Å²) in [6.45, 7) is 6.42. The van der Waals surface area contributed by atoms with Crippen LogP contribution in [-0.2, 0) is 6.61 Å². The summed E-state index contributed by atoms with van der Waals surface area (Å²) < 4.78 is 5.76. The Kier molecular flexibility index (Phi) is 11.5. The SMILES string of the molecule is Cl.Cl.O=C(NCCCN1CCNCC1)c1cccc(OCc2cccnc2)c1. The van der Waals surface area contributed by atoms with E-state index in [1.54, 1.807) is 18.5 Å². The largest absolute Gasteiger partial charge is 0.489 e. The third kappa shape index (κ3) is 8.02. The summed E-state index contributed by atoms with van der Waals surface area (Å²) in [5.74, 6) is 0.624. The molecule has 0 bridgehead atoms. The van der Waals surface area contributed by atoms with Crippen LogP contribution in [0.4, 0.5) is 0 Å². The number of pyridine rings is 1. The number of halogens is 2. The molecule has 0 radical (unpaired) electrons. The van der Waals surface area contributed by atoms with E-state index in [-0.39, 0.29) is 30.7 Å². The van der Waals surface area contributed by atoms with E-state index < -0.39 is 0 Å². The molecule has 2 heterocycles. The van der Waals surface area contributed by atoms with E-state index in [0.29, 0.717) is 24.5 Å². The monoisotopic (exact) mass is 426 g/mol. The molecule has 2 N–H and O–H groups in total. The van der Waals surface area contributed by atoms with Gasteiger partial charge in [-0.15, -0.1) is 24.8 Å². The van der Waals surface area contributed by atoms with E-state index in [1.807, 2.05) is 30.3 Å². The standard InChI is InChI=1S/C20H26N4O2.2ClH/c25-20(23-8-3-11-24-12-9-21-10-13-24)18-5-1-6-19(14-18)26-16-17-4-2-7-22-15-17;;/h1-2,4-7,14-15,21H,3,8-13,16H2,(H,23,25);2*1H. The van der Waals surface area contributed by atoms with Crippen molar-refractivity contribution in [1.29, 1.82) is 0 Å². The second kappa shape index (κ2) is 13.3. The zero-order valence-electron chi connectivity index (χ0n) is 15.8. The molecule has 1 aromatic carbocycles. The zero-order chi connectivity index (χ0) is 18.0. The van der Waals surface area contributed by atoms with Gasteiger partial charge in [0.2, 0.25) is 0 Å². The molecule has 1 amide bonds. The third-order valence-corrected chi connectivity index (χ3v) is 4.37. The molecule has 1 aliphatic rings. The predicted molar refractivity (Wildman–Crippen MR) is 116 cm³/mol. The van der Waals surface area contributed by atoms with E-state index in [1.165, 1.54) is 0 Å². The Morgan fingerprint density at radius 2 is 2.00 bits per heavy atom. The van der Waals surface area contributed by atoms with Crippen LogP contribution in [0.1, 0.15) is 22.3 Å². The molecule has 0 unspecified atom stereocenters. The molecule has 1 aromatic heterocycles. The molecular weight excluding hydrogens is 399 g/mol. The number of carbonyl (C=O) groups excluding carboxylic acids is 1. The molecule has 0 saturated carbocycles. The molecule has 3 rings (SSSR count). The Balaban J connectivity index is 0.00000196. The maximum absolute atomic E-state index is 12.3. The fourth-order valence-electron chi connectivity index (χ4n) is 2.92. The van der Waals surface area contributed by atoms with E-state index in [4.69, 9.17) is 4.74 Å². The first-order chi connectivity index (χ1) is 12.8. The van der Waals surface area contributed by atoms with Gasteiger partial charge in [-0.1, -0.05) is 12.1 Å². The highest BCUT2D eigenvalue weighted by Gasteiger charge is 2.10. The van der Waals surface area contributed by atoms with Gasteiger partial charge in [0.25, 0.3) is 5.91 Å². The molecule has 1 fully saturated rings. The fourth-order valence-corrected chi connectivity index (χ4v) is 2.92. The second-order valence-electron chi connectivity index (χ2n) is 6.38. The number of nitrogens with one attached hydrogen (secondary N) is 2. The number of amides is 1. The first kappa shape index (κ1) is 24.2. The van der Waals surface area contributed by atoms with Crippen molar-refractivity contribution in [2.45, 2.75) is 13.0 Å². The number of piperazine rings is 1. The maximum atomic E-state index is 12.3. The Bertz CT molecular complexity index is 698. The van der Waals surface area contributed by atoms with Crippen molar-refractivity contribution in [2.75, 3.05) is 39.3 Å². The summed E-state index contributed by atoms with van der Waals surface area (Å²) in [6.07, 6.45) is 4.47. The van der Waals surface area contributed by atoms with Crippen molar-refractivity contribution in [3.05, 3.63) is 59.9 Å². The van der Waals surface area contributed by atoms with E-state index >= 15 is 0 Å². The Hall–Kier alpha value is -1.86. The molecule has 6 nitrogen and oxygen atoms in total. The average Bonchev–Trinajstić information content (AvgIpc) is 2.71. The molecule has 1 aliphatic heterocycles. The maximum Gasteiger partial charge on any atom is 0.251 e. The van der Waals surface area contributed by atoms with Gasteiger partial charge in [-0.05, 0) is 37.2 Å². The molecule has 8 heteroatoms. The van der Waals surface area contributed by atoms with Gasteiger partial charge in [0.05, 0.1) is 0 Å². The molecular formula is C20H28Cl2N4O2. The van der Waals surface area contributed by atoms with Crippen molar-refractivity contribution in [3.63, 3.8) is 0 Å². The number of rotatable bonds is 8. The smallest absolute Gasteiger partial charge is 0.251 e. The van der Waals surface area contributed by atoms with Gasteiger partial charge < -0.3 is 20.3 Å². The van der Waals surface area contributed by atoms with Crippen LogP contribution in [0.3, 0.4) is 0 Å². The van der Waals surface area contributed by atoms with Crippen molar-refractivity contribution in [1.82, 2.24) is 20.5 Å². The lowest BCUT2D eigenvalue weighted by atomic mass is 10.2. The van der Waals surface area contributed by atoms with Crippen LogP contribution in [0.5, 0.6) is 5.75 Å². The summed E-state index contributed by atoms with van der Waals surface area (Å²) in [7, 11) is 0. The summed E-state index contributed by atoms with van der Waals surface area (Å²) in [4.78, 5) is 18.8. The minimum Gasteiger partial charge on any atom is -0.489 e. The normalized spacial score (nSPS) is 13.7. The number of hydrogen-bond donors (Lipinski definition) is 2. The predicted octanol–water partition coefficient (Wildman–Crippen LogP) is 2.53. The first-order valence-corrected chi connectivity index (χ1v) is 9.14. The van der Waals surface area contributed by atoms with Crippen LogP contribution < -0.4 is 15.4 Å². The number of nitrogens with zero attached hydrogens (tertiary/aromatic N) is 2. The van der Waals surface area contributed by atoms with Crippen molar-refractivity contribution in [3.8, 4) is 5.75 Å². The lowest BCUT2D eigenvalue weighted by molar-refractivity contribution is 0.0950. The minimum absolute atomic E-state index is 0. The highest BCUT2D eigenvalue weighted by Crippen LogP contribution is 2.15. The van der Waals surface area contributed by atoms with E-state index in [9.17, 15) is 4.79 Å². The number of carbonyl (C=O) groups is 1. The Morgan fingerprint density at radius 3 is 2.75 bits per heavy atom. The molecule has 0 aliphatic carbocycles. The van der Waals surface area contributed by atoms with Crippen LogP contribution in [0, 0.1) is 0 Å². The van der Waals surface area contributed by atoms with Gasteiger partial charge >= 0.3 is 0 Å². The van der Waals surface area contributed by atoms with Crippen molar-refractivity contribution < 1.29 is 9.53 Å². The minimum atomic E-state index is -0.0582. The van der Waals surface area contributed by atoms with Gasteiger partial charge in [-0.25, -0.2) is 0 Å². The van der Waals surface area contributed by atoms with Crippen LogP contribution in [0.15, 0.2) is 48.8 Å². The quantitative estimate of drug-likeness (QED) is 0.634. The van der Waals surface area contributed by atoms with Crippen molar-refractivity contribution in [2.24, 2.45) is 0 Å². The highest BCUT2D eigenvalue weighted by atomic mass is 35.5. The van der Waals surface area contributed by atoms with Crippen LogP contribution in [0.25, 0.3) is 0 Å².